The minimum Gasteiger partial charge on any atom is -0.477 e. The summed E-state index contributed by atoms with van der Waals surface area (Å²) in [5.41, 5.74) is 0.411. The first-order valence-corrected chi connectivity index (χ1v) is 7.57. The number of nitrogens with zero attached hydrogens (tertiary/aromatic N) is 3. The molecule has 0 atom stereocenters. The number of allylic oxidation sites excluding steroid dienone is 1. The first-order valence-electron chi connectivity index (χ1n) is 7.57. The molecule has 0 aliphatic rings. The molecule has 2 N–H and O–H groups in total. The fraction of sp³-hybridized carbons (Fsp3) is 0.235. The van der Waals surface area contributed by atoms with Crippen LogP contribution in [-0.4, -0.2) is 38.5 Å². The average molecular weight is 329 g/mol. The highest BCUT2D eigenvalue weighted by molar-refractivity contribution is 6.13. The Morgan fingerprint density at radius 3 is 2.21 bits per heavy atom. The van der Waals surface area contributed by atoms with E-state index in [4.69, 9.17) is 0 Å². The Labute approximate surface area is 139 Å². The molecular weight excluding hydrogens is 310 g/mol. The number of hydrogen-bond acceptors (Lipinski definition) is 4. The van der Waals surface area contributed by atoms with E-state index in [1.165, 1.54) is 0 Å². The van der Waals surface area contributed by atoms with Gasteiger partial charge in [-0.15, -0.1) is 0 Å². The third-order valence-corrected chi connectivity index (χ3v) is 3.59. The standard InChI is InChI=1S/C17H19N3O4/c1-3-13(15(16(21)22)17(23)24)19(4-2)14-10-11-18-20(14)12-8-6-5-7-9-12/h5-11H,3-4H2,1-2H3,(H,21,22)(H,23,24). The van der Waals surface area contributed by atoms with Gasteiger partial charge in [-0.1, -0.05) is 25.1 Å². The van der Waals surface area contributed by atoms with Crippen LogP contribution in [0.25, 0.3) is 5.69 Å². The van der Waals surface area contributed by atoms with Crippen LogP contribution in [0.5, 0.6) is 0 Å². The zero-order chi connectivity index (χ0) is 17.7. The number of hydrogen-bond donors (Lipinski definition) is 2. The van der Waals surface area contributed by atoms with Gasteiger partial charge in [0.05, 0.1) is 11.9 Å². The van der Waals surface area contributed by atoms with E-state index in [9.17, 15) is 19.8 Å². The lowest BCUT2D eigenvalue weighted by atomic mass is 10.1. The molecule has 0 fully saturated rings. The maximum atomic E-state index is 11.4. The van der Waals surface area contributed by atoms with E-state index in [2.05, 4.69) is 5.10 Å². The number of carboxylic acids is 2. The predicted molar refractivity (Wildman–Crippen MR) is 89.2 cm³/mol. The van der Waals surface area contributed by atoms with Crippen LogP contribution in [0.4, 0.5) is 5.82 Å². The van der Waals surface area contributed by atoms with Gasteiger partial charge >= 0.3 is 11.9 Å². The van der Waals surface area contributed by atoms with Crippen molar-refractivity contribution in [2.75, 3.05) is 11.4 Å². The monoisotopic (exact) mass is 329 g/mol. The summed E-state index contributed by atoms with van der Waals surface area (Å²) in [6.07, 6.45) is 1.86. The molecule has 0 spiro atoms. The van der Waals surface area contributed by atoms with Gasteiger partial charge in [-0.25, -0.2) is 14.3 Å². The fourth-order valence-electron chi connectivity index (χ4n) is 2.60. The van der Waals surface area contributed by atoms with E-state index in [1.807, 2.05) is 37.3 Å². The smallest absolute Gasteiger partial charge is 0.344 e. The maximum absolute atomic E-state index is 11.4. The molecule has 1 heterocycles. The summed E-state index contributed by atoms with van der Waals surface area (Å²) in [5.74, 6) is -2.30. The molecule has 2 rings (SSSR count). The number of carboxylic acid groups (broad SMARTS) is 2. The number of rotatable bonds is 7. The molecule has 0 unspecified atom stereocenters. The van der Waals surface area contributed by atoms with Crippen LogP contribution >= 0.6 is 0 Å². The summed E-state index contributed by atoms with van der Waals surface area (Å²) in [6.45, 7) is 3.97. The van der Waals surface area contributed by atoms with Crippen LogP contribution in [0.3, 0.4) is 0 Å². The molecule has 0 bridgehead atoms. The molecule has 1 aromatic carbocycles. The Balaban J connectivity index is 2.61. The van der Waals surface area contributed by atoms with Crippen molar-refractivity contribution in [2.45, 2.75) is 20.3 Å². The Morgan fingerprint density at radius 2 is 1.71 bits per heavy atom. The minimum atomic E-state index is -1.46. The number of benzene rings is 1. The van der Waals surface area contributed by atoms with Gasteiger partial charge in [0, 0.05) is 18.3 Å². The predicted octanol–water partition coefficient (Wildman–Crippen LogP) is 2.53. The van der Waals surface area contributed by atoms with Crippen LogP contribution in [0.2, 0.25) is 0 Å². The van der Waals surface area contributed by atoms with Crippen molar-refractivity contribution < 1.29 is 19.8 Å². The van der Waals surface area contributed by atoms with E-state index in [0.29, 0.717) is 12.4 Å². The van der Waals surface area contributed by atoms with E-state index in [1.54, 1.807) is 28.8 Å². The second-order valence-corrected chi connectivity index (χ2v) is 4.97. The van der Waals surface area contributed by atoms with Crippen LogP contribution in [0.15, 0.2) is 53.9 Å². The second-order valence-electron chi connectivity index (χ2n) is 4.97. The van der Waals surface area contributed by atoms with E-state index in [-0.39, 0.29) is 12.1 Å². The van der Waals surface area contributed by atoms with Crippen molar-refractivity contribution in [1.82, 2.24) is 9.78 Å². The van der Waals surface area contributed by atoms with Crippen molar-refractivity contribution in [3.05, 3.63) is 53.9 Å². The van der Waals surface area contributed by atoms with Crippen molar-refractivity contribution >= 4 is 17.8 Å². The summed E-state index contributed by atoms with van der Waals surface area (Å²) in [6, 6.07) is 11.1. The van der Waals surface area contributed by atoms with Gasteiger partial charge in [-0.2, -0.15) is 5.10 Å². The van der Waals surface area contributed by atoms with Crippen LogP contribution in [0.1, 0.15) is 20.3 Å². The molecule has 0 saturated heterocycles. The van der Waals surface area contributed by atoms with Crippen molar-refractivity contribution in [3.63, 3.8) is 0 Å². The SMILES string of the molecule is CCC(=C(C(=O)O)C(=O)O)N(CC)c1ccnn1-c1ccccc1. The number of anilines is 1. The van der Waals surface area contributed by atoms with E-state index >= 15 is 0 Å². The molecule has 0 aliphatic carbocycles. The second kappa shape index (κ2) is 7.45. The first-order chi connectivity index (χ1) is 11.5. The molecule has 7 heteroatoms. The van der Waals surface area contributed by atoms with Gasteiger partial charge in [0.15, 0.2) is 5.57 Å². The van der Waals surface area contributed by atoms with Crippen molar-refractivity contribution in [2.24, 2.45) is 0 Å². The van der Waals surface area contributed by atoms with Crippen molar-refractivity contribution in [3.8, 4) is 5.69 Å². The van der Waals surface area contributed by atoms with Gasteiger partial charge in [0.1, 0.15) is 5.82 Å². The molecule has 0 amide bonds. The van der Waals surface area contributed by atoms with Gasteiger partial charge in [-0.3, -0.25) is 0 Å². The van der Waals surface area contributed by atoms with Gasteiger partial charge in [0.2, 0.25) is 0 Å². The highest BCUT2D eigenvalue weighted by Crippen LogP contribution is 2.26. The van der Waals surface area contributed by atoms with Gasteiger partial charge < -0.3 is 15.1 Å². The molecule has 2 aromatic rings. The molecule has 7 nitrogen and oxygen atoms in total. The third kappa shape index (κ3) is 3.29. The quantitative estimate of drug-likeness (QED) is 0.460. The average Bonchev–Trinajstić information content (AvgIpc) is 3.04. The molecular formula is C17H19N3O4. The summed E-state index contributed by atoms with van der Waals surface area (Å²) in [5, 5.41) is 22.8. The Bertz CT molecular complexity index is 749. The maximum Gasteiger partial charge on any atom is 0.344 e. The molecule has 0 saturated carbocycles. The normalized spacial score (nSPS) is 10.2. The summed E-state index contributed by atoms with van der Waals surface area (Å²) >= 11 is 0. The van der Waals surface area contributed by atoms with Crippen molar-refractivity contribution in [1.29, 1.82) is 0 Å². The zero-order valence-corrected chi connectivity index (χ0v) is 13.5. The highest BCUT2D eigenvalue weighted by atomic mass is 16.4. The minimum absolute atomic E-state index is 0.232. The number of aliphatic carboxylic acids is 2. The van der Waals surface area contributed by atoms with E-state index in [0.717, 1.165) is 5.69 Å². The molecule has 126 valence electrons. The van der Waals surface area contributed by atoms with E-state index < -0.39 is 17.5 Å². The Morgan fingerprint density at radius 1 is 1.08 bits per heavy atom. The molecule has 0 radical (unpaired) electrons. The largest absolute Gasteiger partial charge is 0.477 e. The molecule has 0 aliphatic heterocycles. The van der Waals surface area contributed by atoms with Crippen LogP contribution in [0, 0.1) is 0 Å². The van der Waals surface area contributed by atoms with Crippen LogP contribution in [-0.2, 0) is 9.59 Å². The number of aromatic nitrogens is 2. The van der Waals surface area contributed by atoms with Crippen LogP contribution < -0.4 is 4.90 Å². The highest BCUT2D eigenvalue weighted by Gasteiger charge is 2.26. The fourth-order valence-corrected chi connectivity index (χ4v) is 2.60. The number of para-hydroxylation sites is 1. The zero-order valence-electron chi connectivity index (χ0n) is 13.5. The topological polar surface area (TPSA) is 95.7 Å². The Kier molecular flexibility index (Phi) is 5.36. The lowest BCUT2D eigenvalue weighted by Crippen LogP contribution is -2.29. The lowest BCUT2D eigenvalue weighted by Gasteiger charge is -2.27. The molecule has 1 aromatic heterocycles. The summed E-state index contributed by atoms with van der Waals surface area (Å²) in [7, 11) is 0. The van der Waals surface area contributed by atoms with Gasteiger partial charge in [-0.05, 0) is 25.5 Å². The molecule has 24 heavy (non-hydrogen) atoms. The Hall–Kier alpha value is -3.09. The number of carbonyl (C=O) groups is 2. The van der Waals surface area contributed by atoms with Gasteiger partial charge in [0.25, 0.3) is 0 Å². The summed E-state index contributed by atoms with van der Waals surface area (Å²) < 4.78 is 1.65. The third-order valence-electron chi connectivity index (χ3n) is 3.59. The lowest BCUT2D eigenvalue weighted by molar-refractivity contribution is -0.140. The first kappa shape index (κ1) is 17.3. The summed E-state index contributed by atoms with van der Waals surface area (Å²) in [4.78, 5) is 24.5.